The van der Waals surface area contributed by atoms with Gasteiger partial charge in [0.05, 0.1) is 24.2 Å². The van der Waals surface area contributed by atoms with E-state index in [1.807, 2.05) is 11.8 Å². The lowest BCUT2D eigenvalue weighted by molar-refractivity contribution is 0.0533. The van der Waals surface area contributed by atoms with Crippen molar-refractivity contribution < 1.29 is 17.9 Å². The Labute approximate surface area is 127 Å². The Balaban J connectivity index is 2.59. The molecule has 0 radical (unpaired) electrons. The van der Waals surface area contributed by atoms with E-state index in [-0.39, 0.29) is 27.3 Å². The van der Waals surface area contributed by atoms with Crippen molar-refractivity contribution in [2.24, 2.45) is 5.73 Å². The molecule has 1 aromatic heterocycles. The van der Waals surface area contributed by atoms with Crippen LogP contribution >= 0.6 is 11.3 Å². The maximum absolute atomic E-state index is 12.3. The van der Waals surface area contributed by atoms with Crippen LogP contribution in [0.1, 0.15) is 23.5 Å². The molecule has 1 aliphatic heterocycles. The van der Waals surface area contributed by atoms with Crippen molar-refractivity contribution in [1.82, 2.24) is 0 Å². The van der Waals surface area contributed by atoms with Gasteiger partial charge in [-0.05, 0) is 6.92 Å². The molecule has 0 bridgehead atoms. The highest BCUT2D eigenvalue weighted by Crippen LogP contribution is 2.42. The van der Waals surface area contributed by atoms with Crippen LogP contribution in [0.4, 0.5) is 10.7 Å². The molecule has 1 aromatic rings. The van der Waals surface area contributed by atoms with Crippen molar-refractivity contribution in [2.75, 3.05) is 36.1 Å². The number of morpholine rings is 1. The molecule has 118 valence electrons. The van der Waals surface area contributed by atoms with Gasteiger partial charge in [-0.1, -0.05) is 6.92 Å². The number of thiophene rings is 1. The van der Waals surface area contributed by atoms with E-state index in [4.69, 9.17) is 16.2 Å². The van der Waals surface area contributed by atoms with E-state index in [1.165, 1.54) is 0 Å². The summed E-state index contributed by atoms with van der Waals surface area (Å²) in [6, 6.07) is 0. The number of primary amides is 1. The van der Waals surface area contributed by atoms with Crippen molar-refractivity contribution in [2.45, 2.75) is 24.8 Å². The van der Waals surface area contributed by atoms with E-state index < -0.39 is 15.7 Å². The molecule has 7 nitrogen and oxygen atoms in total. The molecular formula is C12H19N3O4S2. The lowest BCUT2D eigenvalue weighted by Crippen LogP contribution is -2.41. The number of sulfone groups is 1. The molecular weight excluding hydrogens is 314 g/mol. The lowest BCUT2D eigenvalue weighted by Gasteiger charge is -2.32. The number of ether oxygens (including phenoxy) is 1. The number of nitrogens with zero attached hydrogens (tertiary/aromatic N) is 1. The van der Waals surface area contributed by atoms with Crippen molar-refractivity contribution in [3.05, 3.63) is 4.88 Å². The van der Waals surface area contributed by atoms with Crippen LogP contribution in [0.2, 0.25) is 0 Å². The van der Waals surface area contributed by atoms with Crippen LogP contribution in [0.25, 0.3) is 0 Å². The Morgan fingerprint density at radius 2 is 2.19 bits per heavy atom. The van der Waals surface area contributed by atoms with Crippen molar-refractivity contribution in [3.63, 3.8) is 0 Å². The van der Waals surface area contributed by atoms with Gasteiger partial charge in [-0.2, -0.15) is 0 Å². The van der Waals surface area contributed by atoms with Gasteiger partial charge >= 0.3 is 0 Å². The molecule has 1 fully saturated rings. The molecule has 2 heterocycles. The fourth-order valence-corrected chi connectivity index (χ4v) is 4.95. The summed E-state index contributed by atoms with van der Waals surface area (Å²) in [5, 5.41) is 0.485. The van der Waals surface area contributed by atoms with Crippen molar-refractivity contribution in [3.8, 4) is 0 Å². The number of hydrogen-bond donors (Lipinski definition) is 2. The van der Waals surface area contributed by atoms with E-state index in [1.54, 1.807) is 6.92 Å². The first-order valence-electron chi connectivity index (χ1n) is 6.59. The second-order valence-electron chi connectivity index (χ2n) is 4.87. The van der Waals surface area contributed by atoms with Gasteiger partial charge in [-0.15, -0.1) is 11.3 Å². The van der Waals surface area contributed by atoms with Crippen LogP contribution in [-0.2, 0) is 14.6 Å². The summed E-state index contributed by atoms with van der Waals surface area (Å²) in [4.78, 5) is 13.5. The summed E-state index contributed by atoms with van der Waals surface area (Å²) in [5.74, 6) is -0.795. The van der Waals surface area contributed by atoms with E-state index >= 15 is 0 Å². The molecule has 1 aliphatic rings. The van der Waals surface area contributed by atoms with Gasteiger partial charge in [0.15, 0.2) is 9.84 Å². The monoisotopic (exact) mass is 333 g/mol. The number of nitrogen functional groups attached to an aromatic ring is 1. The third-order valence-electron chi connectivity index (χ3n) is 3.33. The molecule has 1 saturated heterocycles. The van der Waals surface area contributed by atoms with Gasteiger partial charge in [-0.3, -0.25) is 4.79 Å². The number of amides is 1. The maximum Gasteiger partial charge on any atom is 0.261 e. The maximum atomic E-state index is 12.3. The zero-order valence-electron chi connectivity index (χ0n) is 12.0. The first-order chi connectivity index (χ1) is 9.77. The number of anilines is 2. The van der Waals surface area contributed by atoms with Crippen LogP contribution in [0, 0.1) is 0 Å². The van der Waals surface area contributed by atoms with Crippen LogP contribution in [0.15, 0.2) is 4.90 Å². The van der Waals surface area contributed by atoms with Crippen LogP contribution in [-0.4, -0.2) is 45.9 Å². The minimum absolute atomic E-state index is 0.0173. The minimum atomic E-state index is -3.54. The summed E-state index contributed by atoms with van der Waals surface area (Å²) in [5.41, 5.74) is 11.1. The molecule has 1 atom stereocenters. The van der Waals surface area contributed by atoms with Crippen LogP contribution < -0.4 is 16.4 Å². The number of rotatable bonds is 4. The molecule has 4 N–H and O–H groups in total. The molecule has 2 rings (SSSR count). The molecule has 1 unspecified atom stereocenters. The molecule has 0 aromatic carbocycles. The lowest BCUT2D eigenvalue weighted by atomic mass is 10.3. The van der Waals surface area contributed by atoms with Crippen molar-refractivity contribution in [1.29, 1.82) is 0 Å². The Morgan fingerprint density at radius 1 is 1.52 bits per heavy atom. The standard InChI is InChI=1S/C12H19N3O4S2/c1-3-21(17,18)10-8(13)9(11(14)16)20-12(10)15-4-5-19-7(2)6-15/h7H,3-6,13H2,1-2H3,(H2,14,16). The van der Waals surface area contributed by atoms with Gasteiger partial charge in [0.1, 0.15) is 14.8 Å². The topological polar surface area (TPSA) is 116 Å². The Kier molecular flexibility index (Phi) is 4.45. The summed E-state index contributed by atoms with van der Waals surface area (Å²) in [7, 11) is -3.54. The van der Waals surface area contributed by atoms with E-state index in [9.17, 15) is 13.2 Å². The molecule has 9 heteroatoms. The fraction of sp³-hybridized carbons (Fsp3) is 0.583. The zero-order valence-corrected chi connectivity index (χ0v) is 13.6. The van der Waals surface area contributed by atoms with Crippen LogP contribution in [0.3, 0.4) is 0 Å². The van der Waals surface area contributed by atoms with E-state index in [2.05, 4.69) is 0 Å². The fourth-order valence-electron chi connectivity index (χ4n) is 2.26. The Bertz CT molecular complexity index is 654. The highest BCUT2D eigenvalue weighted by atomic mass is 32.2. The summed E-state index contributed by atoms with van der Waals surface area (Å²) in [6.45, 7) is 5.05. The Morgan fingerprint density at radius 3 is 2.71 bits per heavy atom. The average Bonchev–Trinajstić information content (AvgIpc) is 2.77. The van der Waals surface area contributed by atoms with Crippen molar-refractivity contribution >= 4 is 37.8 Å². The van der Waals surface area contributed by atoms with Gasteiger partial charge in [0.2, 0.25) is 0 Å². The van der Waals surface area contributed by atoms with E-state index in [0.717, 1.165) is 11.3 Å². The van der Waals surface area contributed by atoms with Crippen LogP contribution in [0.5, 0.6) is 0 Å². The first kappa shape index (κ1) is 16.1. The largest absolute Gasteiger partial charge is 0.396 e. The number of hydrogen-bond acceptors (Lipinski definition) is 7. The van der Waals surface area contributed by atoms with E-state index in [0.29, 0.717) is 24.7 Å². The predicted octanol–water partition coefficient (Wildman–Crippen LogP) is 0.448. The predicted molar refractivity (Wildman–Crippen MR) is 82.6 cm³/mol. The number of nitrogens with two attached hydrogens (primary N) is 2. The highest BCUT2D eigenvalue weighted by Gasteiger charge is 2.32. The normalized spacial score (nSPS) is 19.7. The Hall–Kier alpha value is -1.32. The molecule has 21 heavy (non-hydrogen) atoms. The quantitative estimate of drug-likeness (QED) is 0.826. The minimum Gasteiger partial charge on any atom is -0.396 e. The highest BCUT2D eigenvalue weighted by molar-refractivity contribution is 7.92. The first-order valence-corrected chi connectivity index (χ1v) is 9.06. The number of carbonyl (C=O) groups excluding carboxylic acids is 1. The second kappa shape index (κ2) is 5.82. The van der Waals surface area contributed by atoms with Gasteiger partial charge in [-0.25, -0.2) is 8.42 Å². The van der Waals surface area contributed by atoms with Gasteiger partial charge < -0.3 is 21.1 Å². The molecule has 0 saturated carbocycles. The summed E-state index contributed by atoms with van der Waals surface area (Å²) in [6.07, 6.45) is -0.0173. The average molecular weight is 333 g/mol. The second-order valence-corrected chi connectivity index (χ2v) is 8.09. The summed E-state index contributed by atoms with van der Waals surface area (Å²) < 4.78 is 30.1. The SMILES string of the molecule is CCS(=O)(=O)c1c(N2CCOC(C)C2)sc(C(N)=O)c1N. The van der Waals surface area contributed by atoms with Gasteiger partial charge in [0, 0.05) is 13.1 Å². The zero-order chi connectivity index (χ0) is 15.8. The third kappa shape index (κ3) is 2.99. The third-order valence-corrected chi connectivity index (χ3v) is 6.53. The smallest absolute Gasteiger partial charge is 0.261 e. The number of carbonyl (C=O) groups is 1. The summed E-state index contributed by atoms with van der Waals surface area (Å²) >= 11 is 1.04. The molecule has 1 amide bonds. The molecule has 0 spiro atoms. The van der Waals surface area contributed by atoms with Gasteiger partial charge in [0.25, 0.3) is 5.91 Å². The molecule has 0 aliphatic carbocycles.